The summed E-state index contributed by atoms with van der Waals surface area (Å²) in [7, 11) is 0. The molecule has 2 heterocycles. The third kappa shape index (κ3) is 1.93. The summed E-state index contributed by atoms with van der Waals surface area (Å²) in [6.45, 7) is 3.57. The lowest BCUT2D eigenvalue weighted by atomic mass is 10.0. The van der Waals surface area contributed by atoms with Crippen LogP contribution in [0, 0.1) is 12.8 Å². The second kappa shape index (κ2) is 3.78. The fraction of sp³-hybridized carbons (Fsp3) is 0.600. The van der Waals surface area contributed by atoms with E-state index in [0.29, 0.717) is 12.5 Å². The van der Waals surface area contributed by atoms with Crippen molar-refractivity contribution in [3.63, 3.8) is 0 Å². The van der Waals surface area contributed by atoms with Crippen molar-refractivity contribution in [1.29, 1.82) is 0 Å². The molecule has 13 heavy (non-hydrogen) atoms. The van der Waals surface area contributed by atoms with Crippen LogP contribution in [0.15, 0.2) is 12.1 Å². The molecule has 1 aliphatic heterocycles. The lowest BCUT2D eigenvalue weighted by Crippen LogP contribution is -2.10. The third-order valence-corrected chi connectivity index (χ3v) is 3.54. The van der Waals surface area contributed by atoms with Gasteiger partial charge >= 0.3 is 0 Å². The van der Waals surface area contributed by atoms with Gasteiger partial charge < -0.3 is 9.84 Å². The molecule has 1 aliphatic rings. The molecule has 1 aromatic heterocycles. The largest absolute Gasteiger partial charge is 0.387 e. The first kappa shape index (κ1) is 9.19. The summed E-state index contributed by atoms with van der Waals surface area (Å²) in [5.74, 6) is 0.304. The molecule has 1 N–H and O–H groups in total. The Balaban J connectivity index is 2.07. The minimum Gasteiger partial charge on any atom is -0.387 e. The first-order valence-electron chi connectivity index (χ1n) is 4.59. The van der Waals surface area contributed by atoms with Crippen LogP contribution in [-0.4, -0.2) is 18.3 Å². The summed E-state index contributed by atoms with van der Waals surface area (Å²) in [6, 6.07) is 4.07. The molecule has 0 saturated carbocycles. The van der Waals surface area contributed by atoms with Crippen LogP contribution in [0.5, 0.6) is 0 Å². The maximum absolute atomic E-state index is 9.96. The average Bonchev–Trinajstić information content (AvgIpc) is 2.72. The Morgan fingerprint density at radius 1 is 1.62 bits per heavy atom. The highest BCUT2D eigenvalue weighted by Crippen LogP contribution is 2.32. The predicted octanol–water partition coefficient (Wildman–Crippen LogP) is 2.13. The minimum atomic E-state index is -0.318. The molecule has 0 bridgehead atoms. The van der Waals surface area contributed by atoms with Gasteiger partial charge in [-0.2, -0.15) is 0 Å². The van der Waals surface area contributed by atoms with Gasteiger partial charge in [-0.3, -0.25) is 0 Å². The molecule has 2 atom stereocenters. The summed E-state index contributed by atoms with van der Waals surface area (Å²) in [5.41, 5.74) is 0. The molecule has 72 valence electrons. The Labute approximate surface area is 82.2 Å². The summed E-state index contributed by atoms with van der Waals surface area (Å²) in [5, 5.41) is 9.96. The Morgan fingerprint density at radius 3 is 3.00 bits per heavy atom. The minimum absolute atomic E-state index is 0.304. The van der Waals surface area contributed by atoms with Crippen LogP contribution < -0.4 is 0 Å². The van der Waals surface area contributed by atoms with Crippen LogP contribution in [-0.2, 0) is 4.74 Å². The molecule has 2 rings (SSSR count). The van der Waals surface area contributed by atoms with Crippen molar-refractivity contribution in [2.24, 2.45) is 5.92 Å². The van der Waals surface area contributed by atoms with Crippen LogP contribution in [0.25, 0.3) is 0 Å². The molecular weight excluding hydrogens is 184 g/mol. The summed E-state index contributed by atoms with van der Waals surface area (Å²) >= 11 is 1.68. The van der Waals surface area contributed by atoms with Crippen LogP contribution in [0.2, 0.25) is 0 Å². The van der Waals surface area contributed by atoms with Crippen LogP contribution in [0.1, 0.15) is 22.3 Å². The number of ether oxygens (including phenoxy) is 1. The van der Waals surface area contributed by atoms with Gasteiger partial charge in [-0.1, -0.05) is 0 Å². The van der Waals surface area contributed by atoms with E-state index in [2.05, 4.69) is 13.0 Å². The van der Waals surface area contributed by atoms with E-state index in [1.807, 2.05) is 6.07 Å². The zero-order valence-corrected chi connectivity index (χ0v) is 8.51. The standard InChI is InChI=1S/C10H14O2S/c1-7-2-3-9(13-7)10(11)8-4-5-12-6-8/h2-3,8,10-11H,4-6H2,1H3. The normalized spacial score (nSPS) is 24.9. The molecule has 2 nitrogen and oxygen atoms in total. The second-order valence-electron chi connectivity index (χ2n) is 3.52. The summed E-state index contributed by atoms with van der Waals surface area (Å²) in [4.78, 5) is 2.33. The Morgan fingerprint density at radius 2 is 2.46 bits per heavy atom. The van der Waals surface area contributed by atoms with E-state index in [1.165, 1.54) is 4.88 Å². The first-order valence-corrected chi connectivity index (χ1v) is 5.41. The van der Waals surface area contributed by atoms with Crippen molar-refractivity contribution < 1.29 is 9.84 Å². The Hall–Kier alpha value is -0.380. The van der Waals surface area contributed by atoms with Crippen molar-refractivity contribution in [2.75, 3.05) is 13.2 Å². The van der Waals surface area contributed by atoms with Crippen molar-refractivity contribution in [3.05, 3.63) is 21.9 Å². The summed E-state index contributed by atoms with van der Waals surface area (Å²) < 4.78 is 5.25. The number of hydrogen-bond donors (Lipinski definition) is 1. The monoisotopic (exact) mass is 198 g/mol. The van der Waals surface area contributed by atoms with Gasteiger partial charge in [0.2, 0.25) is 0 Å². The smallest absolute Gasteiger partial charge is 0.0932 e. The number of thiophene rings is 1. The van der Waals surface area contributed by atoms with E-state index in [4.69, 9.17) is 4.74 Å². The molecule has 0 aromatic carbocycles. The van der Waals surface area contributed by atoms with E-state index in [9.17, 15) is 5.11 Å². The van der Waals surface area contributed by atoms with Gasteiger partial charge in [-0.25, -0.2) is 0 Å². The van der Waals surface area contributed by atoms with E-state index in [1.54, 1.807) is 11.3 Å². The zero-order valence-electron chi connectivity index (χ0n) is 7.69. The van der Waals surface area contributed by atoms with Gasteiger partial charge in [0, 0.05) is 22.3 Å². The highest BCUT2D eigenvalue weighted by atomic mass is 32.1. The molecular formula is C10H14O2S. The van der Waals surface area contributed by atoms with Gasteiger partial charge in [-0.05, 0) is 25.5 Å². The fourth-order valence-corrected chi connectivity index (χ4v) is 2.60. The third-order valence-electron chi connectivity index (χ3n) is 2.46. The number of aliphatic hydroxyl groups is 1. The maximum Gasteiger partial charge on any atom is 0.0932 e. The Bertz CT molecular complexity index is 276. The summed E-state index contributed by atoms with van der Waals surface area (Å²) in [6.07, 6.45) is 0.666. The van der Waals surface area contributed by atoms with Crippen LogP contribution in [0.3, 0.4) is 0 Å². The molecule has 0 radical (unpaired) electrons. The van der Waals surface area contributed by atoms with Gasteiger partial charge in [0.05, 0.1) is 12.7 Å². The molecule has 0 amide bonds. The topological polar surface area (TPSA) is 29.5 Å². The second-order valence-corrected chi connectivity index (χ2v) is 4.84. The van der Waals surface area contributed by atoms with Gasteiger partial charge in [0.15, 0.2) is 0 Å². The first-order chi connectivity index (χ1) is 6.27. The fourth-order valence-electron chi connectivity index (χ4n) is 1.65. The predicted molar refractivity (Wildman–Crippen MR) is 52.9 cm³/mol. The van der Waals surface area contributed by atoms with Crippen LogP contribution >= 0.6 is 11.3 Å². The highest BCUT2D eigenvalue weighted by molar-refractivity contribution is 7.12. The van der Waals surface area contributed by atoms with E-state index >= 15 is 0 Å². The number of hydrogen-bond acceptors (Lipinski definition) is 3. The van der Waals surface area contributed by atoms with Crippen molar-refractivity contribution in [1.82, 2.24) is 0 Å². The van der Waals surface area contributed by atoms with E-state index in [-0.39, 0.29) is 6.10 Å². The van der Waals surface area contributed by atoms with Gasteiger partial charge in [0.1, 0.15) is 0 Å². The van der Waals surface area contributed by atoms with Crippen molar-refractivity contribution >= 4 is 11.3 Å². The number of aliphatic hydroxyl groups excluding tert-OH is 1. The van der Waals surface area contributed by atoms with Gasteiger partial charge in [0.25, 0.3) is 0 Å². The maximum atomic E-state index is 9.96. The van der Waals surface area contributed by atoms with Crippen molar-refractivity contribution in [2.45, 2.75) is 19.4 Å². The lowest BCUT2D eigenvalue weighted by molar-refractivity contribution is 0.0945. The Kier molecular flexibility index (Phi) is 2.67. The SMILES string of the molecule is Cc1ccc(C(O)C2CCOC2)s1. The van der Waals surface area contributed by atoms with E-state index < -0.39 is 0 Å². The van der Waals surface area contributed by atoms with E-state index in [0.717, 1.165) is 17.9 Å². The number of aryl methyl sites for hydroxylation is 1. The average molecular weight is 198 g/mol. The molecule has 3 heteroatoms. The molecule has 0 spiro atoms. The van der Waals surface area contributed by atoms with Crippen molar-refractivity contribution in [3.8, 4) is 0 Å². The number of rotatable bonds is 2. The van der Waals surface area contributed by atoms with Crippen LogP contribution in [0.4, 0.5) is 0 Å². The molecule has 2 unspecified atom stereocenters. The zero-order chi connectivity index (χ0) is 9.26. The highest BCUT2D eigenvalue weighted by Gasteiger charge is 2.25. The van der Waals surface area contributed by atoms with Gasteiger partial charge in [-0.15, -0.1) is 11.3 Å². The lowest BCUT2D eigenvalue weighted by Gasteiger charge is -2.14. The molecule has 1 fully saturated rings. The molecule has 1 saturated heterocycles. The molecule has 1 aromatic rings. The molecule has 0 aliphatic carbocycles. The quantitative estimate of drug-likeness (QED) is 0.788.